The van der Waals surface area contributed by atoms with Crippen LogP contribution in [0.2, 0.25) is 5.02 Å². The Morgan fingerprint density at radius 1 is 1.03 bits per heavy atom. The van der Waals surface area contributed by atoms with Crippen LogP contribution in [0.15, 0.2) is 47.4 Å². The average Bonchev–Trinajstić information content (AvgIpc) is 3.41. The second-order valence-corrected chi connectivity index (χ2v) is 8.72. The Kier molecular flexibility index (Phi) is 7.55. The van der Waals surface area contributed by atoms with Gasteiger partial charge in [-0.15, -0.1) is 10.2 Å². The fourth-order valence-corrected chi connectivity index (χ4v) is 3.71. The minimum absolute atomic E-state index is 0.191. The van der Waals surface area contributed by atoms with Crippen LogP contribution in [-0.4, -0.2) is 56.6 Å². The maximum absolute atomic E-state index is 13.6. The molecule has 0 radical (unpaired) electrons. The third-order valence-corrected chi connectivity index (χ3v) is 5.64. The van der Waals surface area contributed by atoms with Crippen LogP contribution in [-0.2, 0) is 19.3 Å². The van der Waals surface area contributed by atoms with Gasteiger partial charge in [-0.2, -0.15) is 31.0 Å². The molecular weight excluding hydrogens is 560 g/mol. The molecule has 10 nitrogen and oxygen atoms in total. The zero-order valence-electron chi connectivity index (χ0n) is 19.7. The van der Waals surface area contributed by atoms with Crippen LogP contribution >= 0.6 is 11.6 Å². The van der Waals surface area contributed by atoms with E-state index >= 15 is 0 Å². The Hall–Kier alpha value is -3.76. The lowest BCUT2D eigenvalue weighted by molar-refractivity contribution is -0.207. The van der Waals surface area contributed by atoms with Crippen molar-refractivity contribution < 1.29 is 36.6 Å². The SMILES string of the molecule is CC(O)c1nc(Cn2nc(-c3ccc(Cl)cc3)n(CC(O)C(F)(F)F)c2=O)nn1-c1ncccc1C(F)(F)F. The van der Waals surface area contributed by atoms with E-state index in [0.29, 0.717) is 19.0 Å². The number of aromatic nitrogens is 7. The maximum Gasteiger partial charge on any atom is 0.420 e. The fraction of sp³-hybridized carbons (Fsp3) is 0.318. The lowest BCUT2D eigenvalue weighted by Gasteiger charge is -2.15. The number of benzene rings is 1. The number of alkyl halides is 6. The van der Waals surface area contributed by atoms with E-state index in [1.165, 1.54) is 31.2 Å². The zero-order chi connectivity index (χ0) is 28.7. The van der Waals surface area contributed by atoms with E-state index < -0.39 is 54.7 Å². The second-order valence-electron chi connectivity index (χ2n) is 8.29. The Morgan fingerprint density at radius 3 is 2.28 bits per heavy atom. The summed E-state index contributed by atoms with van der Waals surface area (Å²) in [4.78, 5) is 20.8. The summed E-state index contributed by atoms with van der Waals surface area (Å²) >= 11 is 5.86. The molecule has 208 valence electrons. The number of aliphatic hydroxyl groups is 2. The van der Waals surface area contributed by atoms with Crippen molar-refractivity contribution in [1.29, 1.82) is 0 Å². The molecule has 0 spiro atoms. The highest BCUT2D eigenvalue weighted by Gasteiger charge is 2.39. The van der Waals surface area contributed by atoms with Gasteiger partial charge >= 0.3 is 18.0 Å². The van der Waals surface area contributed by atoms with Crippen LogP contribution < -0.4 is 5.69 Å². The summed E-state index contributed by atoms with van der Waals surface area (Å²) < 4.78 is 81.8. The molecular formula is C22H18ClF6N7O3. The average molecular weight is 578 g/mol. The molecule has 0 fully saturated rings. The van der Waals surface area contributed by atoms with Crippen molar-refractivity contribution in [2.24, 2.45) is 0 Å². The van der Waals surface area contributed by atoms with Crippen LogP contribution in [0.1, 0.15) is 30.2 Å². The molecule has 3 aromatic heterocycles. The molecule has 0 aliphatic rings. The highest BCUT2D eigenvalue weighted by atomic mass is 35.5. The first kappa shape index (κ1) is 28.3. The standard InChI is InChI=1S/C22H18ClF6N7O3/c1-11(37)17-31-16(32-36(17)19-14(21(24,25)26)3-2-8-30-19)10-35-20(39)34(9-15(38)22(27,28)29)18(33-35)12-4-6-13(23)7-5-12/h2-8,11,15,37-38H,9-10H2,1H3. The quantitative estimate of drug-likeness (QED) is 0.323. The predicted molar refractivity (Wildman–Crippen MR) is 123 cm³/mol. The predicted octanol–water partition coefficient (Wildman–Crippen LogP) is 3.38. The largest absolute Gasteiger partial charge is 0.420 e. The zero-order valence-corrected chi connectivity index (χ0v) is 20.4. The first-order valence-electron chi connectivity index (χ1n) is 11.0. The summed E-state index contributed by atoms with van der Waals surface area (Å²) in [6, 6.07) is 7.42. The van der Waals surface area contributed by atoms with Gasteiger partial charge in [0.15, 0.2) is 29.4 Å². The van der Waals surface area contributed by atoms with Crippen molar-refractivity contribution >= 4 is 11.6 Å². The van der Waals surface area contributed by atoms with Gasteiger partial charge in [-0.05, 0) is 43.3 Å². The summed E-state index contributed by atoms with van der Waals surface area (Å²) in [6.07, 6.45) is -13.1. The number of pyridine rings is 1. The van der Waals surface area contributed by atoms with Gasteiger partial charge in [-0.1, -0.05) is 11.6 Å². The Labute approximate surface area is 219 Å². The van der Waals surface area contributed by atoms with E-state index in [-0.39, 0.29) is 23.0 Å². The van der Waals surface area contributed by atoms with E-state index in [1.807, 2.05) is 0 Å². The van der Waals surface area contributed by atoms with Crippen LogP contribution in [0, 0.1) is 0 Å². The molecule has 3 heterocycles. The first-order chi connectivity index (χ1) is 18.2. The van der Waals surface area contributed by atoms with Gasteiger partial charge in [0, 0.05) is 16.8 Å². The van der Waals surface area contributed by atoms with Crippen LogP contribution in [0.3, 0.4) is 0 Å². The molecule has 4 aromatic rings. The minimum Gasteiger partial charge on any atom is -0.385 e. The molecule has 2 atom stereocenters. The van der Waals surface area contributed by atoms with E-state index in [1.54, 1.807) is 0 Å². The number of nitrogens with zero attached hydrogens (tertiary/aromatic N) is 7. The molecule has 0 bridgehead atoms. The number of hydrogen-bond acceptors (Lipinski definition) is 7. The highest BCUT2D eigenvalue weighted by molar-refractivity contribution is 6.30. The molecule has 4 rings (SSSR count). The van der Waals surface area contributed by atoms with Gasteiger partial charge in [-0.3, -0.25) is 4.57 Å². The third kappa shape index (κ3) is 5.97. The Morgan fingerprint density at radius 2 is 1.69 bits per heavy atom. The molecule has 0 amide bonds. The topological polar surface area (TPSA) is 124 Å². The van der Waals surface area contributed by atoms with Gasteiger partial charge in [0.25, 0.3) is 0 Å². The number of aliphatic hydroxyl groups excluding tert-OH is 2. The van der Waals surface area contributed by atoms with E-state index in [2.05, 4.69) is 20.2 Å². The first-order valence-corrected chi connectivity index (χ1v) is 11.4. The van der Waals surface area contributed by atoms with Gasteiger partial charge in [0.05, 0.1) is 6.54 Å². The Bertz CT molecular complexity index is 1530. The molecule has 0 saturated heterocycles. The second kappa shape index (κ2) is 10.4. The lowest BCUT2D eigenvalue weighted by atomic mass is 10.2. The fourth-order valence-electron chi connectivity index (χ4n) is 3.58. The summed E-state index contributed by atoms with van der Waals surface area (Å²) in [7, 11) is 0. The minimum atomic E-state index is -5.04. The van der Waals surface area contributed by atoms with Crippen molar-refractivity contribution in [1.82, 2.24) is 34.1 Å². The van der Waals surface area contributed by atoms with E-state index in [9.17, 15) is 41.4 Å². The normalized spacial score (nSPS) is 14.0. The van der Waals surface area contributed by atoms with Crippen LogP contribution in [0.25, 0.3) is 17.2 Å². The molecule has 0 saturated carbocycles. The molecule has 2 N–H and O–H groups in total. The monoisotopic (exact) mass is 577 g/mol. The summed E-state index contributed by atoms with van der Waals surface area (Å²) in [5, 5.41) is 28.0. The van der Waals surface area contributed by atoms with Crippen molar-refractivity contribution in [3.63, 3.8) is 0 Å². The third-order valence-electron chi connectivity index (χ3n) is 5.39. The molecule has 39 heavy (non-hydrogen) atoms. The molecule has 1 aromatic carbocycles. The highest BCUT2D eigenvalue weighted by Crippen LogP contribution is 2.33. The maximum atomic E-state index is 13.6. The lowest BCUT2D eigenvalue weighted by Crippen LogP contribution is -2.37. The number of rotatable bonds is 7. The van der Waals surface area contributed by atoms with Gasteiger partial charge in [0.1, 0.15) is 18.2 Å². The van der Waals surface area contributed by atoms with Crippen LogP contribution in [0.4, 0.5) is 26.3 Å². The van der Waals surface area contributed by atoms with E-state index in [0.717, 1.165) is 18.3 Å². The van der Waals surface area contributed by atoms with Crippen molar-refractivity contribution in [3.05, 3.63) is 75.3 Å². The van der Waals surface area contributed by atoms with Gasteiger partial charge in [-0.25, -0.2) is 19.4 Å². The summed E-state index contributed by atoms with van der Waals surface area (Å²) in [6.45, 7) is -0.571. The van der Waals surface area contributed by atoms with Crippen LogP contribution in [0.5, 0.6) is 0 Å². The number of hydrogen-bond donors (Lipinski definition) is 2. The molecule has 0 aliphatic heterocycles. The van der Waals surface area contributed by atoms with E-state index in [4.69, 9.17) is 11.6 Å². The summed E-state index contributed by atoms with van der Waals surface area (Å²) in [5.74, 6) is -1.57. The van der Waals surface area contributed by atoms with Crippen molar-refractivity contribution in [2.45, 2.75) is 44.6 Å². The molecule has 17 heteroatoms. The number of halogens is 7. The smallest absolute Gasteiger partial charge is 0.385 e. The van der Waals surface area contributed by atoms with Crippen molar-refractivity contribution in [2.75, 3.05) is 0 Å². The Balaban J connectivity index is 1.80. The molecule has 2 unspecified atom stereocenters. The summed E-state index contributed by atoms with van der Waals surface area (Å²) in [5.41, 5.74) is -2.07. The van der Waals surface area contributed by atoms with Gasteiger partial charge < -0.3 is 10.2 Å². The van der Waals surface area contributed by atoms with Gasteiger partial charge in [0.2, 0.25) is 0 Å². The molecule has 0 aliphatic carbocycles. The van der Waals surface area contributed by atoms with Crippen molar-refractivity contribution in [3.8, 4) is 17.2 Å².